The minimum Gasteiger partial charge on any atom is -0.385 e. The minimum atomic E-state index is 0.240. The van der Waals surface area contributed by atoms with Crippen LogP contribution in [0, 0.1) is 11.8 Å². The normalized spacial score (nSPS) is 13.8. The fourth-order valence-corrected chi connectivity index (χ4v) is 1.87. The van der Waals surface area contributed by atoms with Gasteiger partial charge in [0.25, 0.3) is 0 Å². The Morgan fingerprint density at radius 2 is 1.44 bits per heavy atom. The van der Waals surface area contributed by atoms with Crippen LogP contribution in [0.2, 0.25) is 0 Å². The molecule has 0 saturated carbocycles. The molecular formula is C15H34N2O. The van der Waals surface area contributed by atoms with Crippen LogP contribution >= 0.6 is 0 Å². The Hall–Kier alpha value is -0.120. The lowest BCUT2D eigenvalue weighted by atomic mass is 10.1. The maximum Gasteiger partial charge on any atom is 0.0477 e. The van der Waals surface area contributed by atoms with Gasteiger partial charge in [0.2, 0.25) is 0 Å². The van der Waals surface area contributed by atoms with Gasteiger partial charge in [0.1, 0.15) is 0 Å². The van der Waals surface area contributed by atoms with Gasteiger partial charge >= 0.3 is 0 Å². The van der Waals surface area contributed by atoms with Crippen LogP contribution in [0.25, 0.3) is 0 Å². The van der Waals surface area contributed by atoms with Gasteiger partial charge in [-0.3, -0.25) is 0 Å². The summed E-state index contributed by atoms with van der Waals surface area (Å²) in [6, 6.07) is 0.240. The highest BCUT2D eigenvalue weighted by Crippen LogP contribution is 2.07. The topological polar surface area (TPSA) is 38.5 Å². The van der Waals surface area contributed by atoms with Crippen LogP contribution in [0.15, 0.2) is 0 Å². The summed E-state index contributed by atoms with van der Waals surface area (Å²) in [6.07, 6.45) is 3.47. The summed E-state index contributed by atoms with van der Waals surface area (Å²) < 4.78 is 5.09. The van der Waals surface area contributed by atoms with Crippen LogP contribution in [-0.4, -0.2) is 44.3 Å². The summed E-state index contributed by atoms with van der Waals surface area (Å²) in [5.41, 5.74) is 6.15. The first kappa shape index (κ1) is 17.9. The maximum atomic E-state index is 6.15. The van der Waals surface area contributed by atoms with Crippen molar-refractivity contribution in [3.63, 3.8) is 0 Å². The van der Waals surface area contributed by atoms with E-state index < -0.39 is 0 Å². The first-order valence-electron chi connectivity index (χ1n) is 7.42. The summed E-state index contributed by atoms with van der Waals surface area (Å²) >= 11 is 0. The van der Waals surface area contributed by atoms with E-state index in [1.807, 2.05) is 0 Å². The molecule has 0 rings (SSSR count). The van der Waals surface area contributed by atoms with Gasteiger partial charge < -0.3 is 15.4 Å². The Balaban J connectivity index is 4.01. The molecule has 0 amide bonds. The SMILES string of the molecule is COCCC(N)CN(CCC(C)C)CCC(C)C. The number of hydrogen-bond acceptors (Lipinski definition) is 3. The fourth-order valence-electron chi connectivity index (χ4n) is 1.87. The lowest BCUT2D eigenvalue weighted by Gasteiger charge is -2.27. The van der Waals surface area contributed by atoms with E-state index in [9.17, 15) is 0 Å². The lowest BCUT2D eigenvalue weighted by molar-refractivity contribution is 0.170. The Morgan fingerprint density at radius 1 is 0.944 bits per heavy atom. The Labute approximate surface area is 114 Å². The zero-order valence-corrected chi connectivity index (χ0v) is 13.1. The molecule has 3 nitrogen and oxygen atoms in total. The summed E-state index contributed by atoms with van der Waals surface area (Å²) in [5, 5.41) is 0. The number of hydrogen-bond donors (Lipinski definition) is 1. The standard InChI is InChI=1S/C15H34N2O/c1-13(2)6-9-17(10-7-14(3)4)12-15(16)8-11-18-5/h13-15H,6-12,16H2,1-5H3. The number of nitrogens with two attached hydrogens (primary N) is 1. The van der Waals surface area contributed by atoms with Crippen LogP contribution in [0.3, 0.4) is 0 Å². The monoisotopic (exact) mass is 258 g/mol. The molecule has 0 aromatic heterocycles. The van der Waals surface area contributed by atoms with Gasteiger partial charge in [-0.25, -0.2) is 0 Å². The van der Waals surface area contributed by atoms with Crippen LogP contribution in [-0.2, 0) is 4.74 Å². The van der Waals surface area contributed by atoms with Crippen molar-refractivity contribution < 1.29 is 4.74 Å². The van der Waals surface area contributed by atoms with Crippen molar-refractivity contribution in [3.8, 4) is 0 Å². The zero-order chi connectivity index (χ0) is 14.0. The number of nitrogens with zero attached hydrogens (tertiary/aromatic N) is 1. The third-order valence-electron chi connectivity index (χ3n) is 3.23. The second kappa shape index (κ2) is 10.8. The molecular weight excluding hydrogens is 224 g/mol. The van der Waals surface area contributed by atoms with Crippen LogP contribution in [0.4, 0.5) is 0 Å². The quantitative estimate of drug-likeness (QED) is 0.619. The number of methoxy groups -OCH3 is 1. The van der Waals surface area contributed by atoms with Crippen molar-refractivity contribution in [2.75, 3.05) is 33.4 Å². The minimum absolute atomic E-state index is 0.240. The zero-order valence-electron chi connectivity index (χ0n) is 13.1. The Bertz CT molecular complexity index is 171. The van der Waals surface area contributed by atoms with Gasteiger partial charge in [0.15, 0.2) is 0 Å². The molecule has 0 aliphatic rings. The highest BCUT2D eigenvalue weighted by Gasteiger charge is 2.11. The van der Waals surface area contributed by atoms with E-state index in [0.29, 0.717) is 0 Å². The first-order chi connectivity index (χ1) is 8.45. The van der Waals surface area contributed by atoms with Gasteiger partial charge in [0, 0.05) is 26.3 Å². The van der Waals surface area contributed by atoms with Crippen molar-refractivity contribution in [2.24, 2.45) is 17.6 Å². The molecule has 110 valence electrons. The molecule has 3 heteroatoms. The summed E-state index contributed by atoms with van der Waals surface area (Å²) in [6.45, 7) is 13.2. The van der Waals surface area contributed by atoms with Crippen molar-refractivity contribution in [1.82, 2.24) is 4.90 Å². The molecule has 0 bridgehead atoms. The predicted octanol–water partition coefficient (Wildman–Crippen LogP) is 2.74. The van der Waals surface area contributed by atoms with E-state index in [1.165, 1.54) is 25.9 Å². The third kappa shape index (κ3) is 11.0. The summed E-state index contributed by atoms with van der Waals surface area (Å²) in [5.74, 6) is 1.53. The average Bonchev–Trinajstić information content (AvgIpc) is 2.29. The molecule has 18 heavy (non-hydrogen) atoms. The average molecular weight is 258 g/mol. The molecule has 1 atom stereocenters. The van der Waals surface area contributed by atoms with E-state index in [1.54, 1.807) is 7.11 Å². The molecule has 0 spiro atoms. The molecule has 2 N–H and O–H groups in total. The predicted molar refractivity (Wildman–Crippen MR) is 79.8 cm³/mol. The van der Waals surface area contributed by atoms with Crippen LogP contribution < -0.4 is 5.73 Å². The fraction of sp³-hybridized carbons (Fsp3) is 1.00. The van der Waals surface area contributed by atoms with E-state index in [-0.39, 0.29) is 6.04 Å². The molecule has 1 unspecified atom stereocenters. The number of ether oxygens (including phenoxy) is 1. The van der Waals surface area contributed by atoms with Crippen molar-refractivity contribution in [2.45, 2.75) is 53.0 Å². The molecule has 0 aromatic carbocycles. The Kier molecular flexibility index (Phi) is 10.7. The third-order valence-corrected chi connectivity index (χ3v) is 3.23. The highest BCUT2D eigenvalue weighted by atomic mass is 16.5. The first-order valence-corrected chi connectivity index (χ1v) is 7.42. The molecule has 0 radical (unpaired) electrons. The molecule has 0 aliphatic heterocycles. The van der Waals surface area contributed by atoms with Gasteiger partial charge in [-0.1, -0.05) is 27.7 Å². The Morgan fingerprint density at radius 3 is 1.83 bits per heavy atom. The molecule has 0 fully saturated rings. The molecule has 0 aromatic rings. The highest BCUT2D eigenvalue weighted by molar-refractivity contribution is 4.69. The second-order valence-corrected chi connectivity index (χ2v) is 6.21. The van der Waals surface area contributed by atoms with Gasteiger partial charge in [-0.2, -0.15) is 0 Å². The summed E-state index contributed by atoms with van der Waals surface area (Å²) in [7, 11) is 1.74. The van der Waals surface area contributed by atoms with Gasteiger partial charge in [0.05, 0.1) is 0 Å². The van der Waals surface area contributed by atoms with E-state index >= 15 is 0 Å². The van der Waals surface area contributed by atoms with Gasteiger partial charge in [-0.05, 0) is 44.2 Å². The van der Waals surface area contributed by atoms with Gasteiger partial charge in [-0.15, -0.1) is 0 Å². The maximum absolute atomic E-state index is 6.15. The largest absolute Gasteiger partial charge is 0.385 e. The van der Waals surface area contributed by atoms with E-state index in [4.69, 9.17) is 10.5 Å². The van der Waals surface area contributed by atoms with Crippen molar-refractivity contribution >= 4 is 0 Å². The van der Waals surface area contributed by atoms with Crippen LogP contribution in [0.5, 0.6) is 0 Å². The van der Waals surface area contributed by atoms with Crippen LogP contribution in [0.1, 0.15) is 47.0 Å². The van der Waals surface area contributed by atoms with E-state index in [0.717, 1.165) is 31.4 Å². The van der Waals surface area contributed by atoms with Crippen molar-refractivity contribution in [3.05, 3.63) is 0 Å². The van der Waals surface area contributed by atoms with Crippen molar-refractivity contribution in [1.29, 1.82) is 0 Å². The second-order valence-electron chi connectivity index (χ2n) is 6.21. The lowest BCUT2D eigenvalue weighted by Crippen LogP contribution is -2.39. The molecule has 0 saturated heterocycles. The smallest absolute Gasteiger partial charge is 0.0477 e. The summed E-state index contributed by atoms with van der Waals surface area (Å²) in [4.78, 5) is 2.53. The van der Waals surface area contributed by atoms with E-state index in [2.05, 4.69) is 32.6 Å². The molecule has 0 heterocycles. The number of rotatable bonds is 11. The molecule has 0 aliphatic carbocycles.